The first-order chi connectivity index (χ1) is 21.8. The zero-order valence-corrected chi connectivity index (χ0v) is 33.0. The van der Waals surface area contributed by atoms with Crippen molar-refractivity contribution in [3.8, 4) is 22.3 Å². The number of rotatable bonds is 10. The molecule has 0 spiro atoms. The van der Waals surface area contributed by atoms with Gasteiger partial charge in [-0.25, -0.2) is 0 Å². The maximum Gasteiger partial charge on any atom is -1.00 e. The van der Waals surface area contributed by atoms with E-state index >= 15 is 0 Å². The molecule has 1 saturated heterocycles. The van der Waals surface area contributed by atoms with E-state index in [9.17, 15) is 0 Å². The van der Waals surface area contributed by atoms with Gasteiger partial charge in [-0.1, -0.05) is 0 Å². The number of halogens is 2. The molecule has 0 N–H and O–H groups in total. The Morgan fingerprint density at radius 1 is 0.553 bits per heavy atom. The van der Waals surface area contributed by atoms with Gasteiger partial charge in [0.1, 0.15) is 0 Å². The van der Waals surface area contributed by atoms with E-state index in [0.717, 1.165) is 12.8 Å². The fraction of sp³-hybridized carbons (Fsp3) is 0.364. The van der Waals surface area contributed by atoms with E-state index in [1.54, 1.807) is 22.3 Å². The van der Waals surface area contributed by atoms with E-state index in [1.165, 1.54) is 65.6 Å². The molecule has 2 unspecified atom stereocenters. The fourth-order valence-corrected chi connectivity index (χ4v) is 26.3. The van der Waals surface area contributed by atoms with Crippen LogP contribution in [0.1, 0.15) is 95.0 Å². The van der Waals surface area contributed by atoms with Crippen LogP contribution in [-0.4, -0.2) is 0 Å². The van der Waals surface area contributed by atoms with Crippen LogP contribution in [0.3, 0.4) is 0 Å². The van der Waals surface area contributed by atoms with Crippen LogP contribution in [0, 0.1) is 11.8 Å². The Morgan fingerprint density at radius 3 is 1.26 bits per heavy atom. The zero-order chi connectivity index (χ0) is 31.3. The molecule has 47 heavy (non-hydrogen) atoms. The van der Waals surface area contributed by atoms with Crippen molar-refractivity contribution in [3.05, 3.63) is 129 Å². The second-order valence-corrected chi connectivity index (χ2v) is 26.3. The first kappa shape index (κ1) is 36.1. The van der Waals surface area contributed by atoms with Crippen LogP contribution in [0.25, 0.3) is 34.4 Å². The van der Waals surface area contributed by atoms with Gasteiger partial charge in [0.25, 0.3) is 0 Å². The van der Waals surface area contributed by atoms with Gasteiger partial charge in [0, 0.05) is 0 Å². The summed E-state index contributed by atoms with van der Waals surface area (Å²) in [6, 6.07) is 33.3. The van der Waals surface area contributed by atoms with Gasteiger partial charge < -0.3 is 24.8 Å². The van der Waals surface area contributed by atoms with Crippen LogP contribution in [0.2, 0.25) is 8.26 Å². The molecule has 4 aromatic carbocycles. The zero-order valence-electron chi connectivity index (χ0n) is 29.0. The Hall–Kier alpha value is -2.18. The Morgan fingerprint density at radius 2 is 0.936 bits per heavy atom. The average molecular weight is 741 g/mol. The molecular weight excluding hydrogens is 691 g/mol. The van der Waals surface area contributed by atoms with E-state index in [-0.39, 0.29) is 24.8 Å². The quantitative estimate of drug-likeness (QED) is 0.168. The standard InChI is InChI=1S/2C21H23.C2H4.2ClH.Zr/c2*1-4-16-8-10-18(11-9-16)20-7-5-6-19-13-17(12-15(2)3)14-21(19)20;1-2;;;/h2*5-11,13-15H,4,12H2,1-3H3;1-2H2;2*1H;/q;;;;;+2/p-2. The molecular formula is C44H50Cl2Zr. The molecule has 2 aliphatic carbocycles. The number of hydrogen-bond donors (Lipinski definition) is 0. The number of fused-ring (bicyclic) bond motifs is 2. The Labute approximate surface area is 301 Å². The minimum atomic E-state index is -2.79. The van der Waals surface area contributed by atoms with Crippen LogP contribution in [0.5, 0.6) is 0 Å². The molecule has 0 aromatic heterocycles. The summed E-state index contributed by atoms with van der Waals surface area (Å²) in [5.41, 5.74) is 18.4. The number of aryl methyl sites for hydroxylation is 2. The van der Waals surface area contributed by atoms with Gasteiger partial charge in [-0.15, -0.1) is 0 Å². The van der Waals surface area contributed by atoms with Crippen LogP contribution in [0.4, 0.5) is 0 Å². The smallest absolute Gasteiger partial charge is 1.00 e. The second-order valence-electron chi connectivity index (χ2n) is 15.0. The largest absolute Gasteiger partial charge is 1.00 e. The topological polar surface area (TPSA) is 0 Å². The number of allylic oxidation sites excluding steroid dienone is 2. The van der Waals surface area contributed by atoms with Crippen molar-refractivity contribution >= 4 is 12.2 Å². The molecule has 0 bridgehead atoms. The average Bonchev–Trinajstić information content (AvgIpc) is 3.60. The van der Waals surface area contributed by atoms with E-state index in [0.29, 0.717) is 19.1 Å². The minimum Gasteiger partial charge on any atom is -1.00 e. The van der Waals surface area contributed by atoms with E-state index in [2.05, 4.69) is 139 Å². The SMILES string of the molecule is CCc1ccc(-c2cccc3c2C=C(CC(C)C)[CH]3[Zr+2]2([CH]3C(CC(C)C)=Cc4c(-c5ccc(CC)cc5)cccc43)[CH2][CH2]2)cc1.[Cl-].[Cl-]. The molecule has 0 radical (unpaired) electrons. The van der Waals surface area contributed by atoms with Gasteiger partial charge in [0.05, 0.1) is 0 Å². The molecule has 4 aromatic rings. The molecule has 0 nitrogen and oxygen atoms in total. The summed E-state index contributed by atoms with van der Waals surface area (Å²) in [6.45, 7) is 14.2. The van der Waals surface area contributed by atoms with E-state index in [4.69, 9.17) is 0 Å². The van der Waals surface area contributed by atoms with Gasteiger partial charge in [0.15, 0.2) is 0 Å². The molecule has 0 saturated carbocycles. The second kappa shape index (κ2) is 14.7. The van der Waals surface area contributed by atoms with Gasteiger partial charge >= 0.3 is 279 Å². The normalized spacial score (nSPS) is 18.0. The van der Waals surface area contributed by atoms with Gasteiger partial charge in [0.2, 0.25) is 0 Å². The third-order valence-electron chi connectivity index (χ3n) is 10.9. The Kier molecular flexibility index (Phi) is 11.3. The summed E-state index contributed by atoms with van der Waals surface area (Å²) >= 11 is -2.79. The first-order valence-electron chi connectivity index (χ1n) is 17.7. The summed E-state index contributed by atoms with van der Waals surface area (Å²) in [5.74, 6) is 1.34. The number of benzene rings is 4. The summed E-state index contributed by atoms with van der Waals surface area (Å²) in [5, 5.41) is 0. The van der Waals surface area contributed by atoms with Crippen molar-refractivity contribution in [2.75, 3.05) is 0 Å². The van der Waals surface area contributed by atoms with E-state index in [1.807, 2.05) is 0 Å². The molecule has 0 amide bonds. The molecule has 244 valence electrons. The van der Waals surface area contributed by atoms with Gasteiger partial charge in [-0.05, 0) is 0 Å². The predicted octanol–water partition coefficient (Wildman–Crippen LogP) is 6.83. The van der Waals surface area contributed by atoms with Crippen molar-refractivity contribution in [2.45, 2.75) is 82.7 Å². The number of hydrogen-bond acceptors (Lipinski definition) is 0. The predicted molar refractivity (Wildman–Crippen MR) is 192 cm³/mol. The Bertz CT molecular complexity index is 1640. The van der Waals surface area contributed by atoms with Gasteiger partial charge in [-0.2, -0.15) is 0 Å². The van der Waals surface area contributed by atoms with E-state index < -0.39 is 20.3 Å². The summed E-state index contributed by atoms with van der Waals surface area (Å²) in [6.07, 6.45) is 9.97. The molecule has 1 fully saturated rings. The molecule has 3 aliphatic rings. The third-order valence-corrected chi connectivity index (χ3v) is 24.0. The molecule has 7 rings (SSSR count). The maximum absolute atomic E-state index is 2.79. The minimum absolute atomic E-state index is 0. The monoisotopic (exact) mass is 738 g/mol. The molecule has 3 heteroatoms. The van der Waals surface area contributed by atoms with Crippen molar-refractivity contribution in [3.63, 3.8) is 0 Å². The van der Waals surface area contributed by atoms with Crippen molar-refractivity contribution < 1.29 is 45.1 Å². The van der Waals surface area contributed by atoms with Crippen LogP contribution in [-0.2, 0) is 33.1 Å². The van der Waals surface area contributed by atoms with Gasteiger partial charge in [-0.3, -0.25) is 0 Å². The van der Waals surface area contributed by atoms with Crippen LogP contribution in [0.15, 0.2) is 96.1 Å². The van der Waals surface area contributed by atoms with Crippen LogP contribution < -0.4 is 24.8 Å². The summed E-state index contributed by atoms with van der Waals surface area (Å²) in [4.78, 5) is 0. The summed E-state index contributed by atoms with van der Waals surface area (Å²) in [7, 11) is 0. The van der Waals surface area contributed by atoms with Crippen molar-refractivity contribution in [2.24, 2.45) is 11.8 Å². The third kappa shape index (κ3) is 6.72. The van der Waals surface area contributed by atoms with Crippen molar-refractivity contribution in [1.82, 2.24) is 0 Å². The van der Waals surface area contributed by atoms with Crippen LogP contribution >= 0.6 is 0 Å². The molecule has 1 heterocycles. The first-order valence-corrected chi connectivity index (χ1v) is 24.0. The van der Waals surface area contributed by atoms with Crippen molar-refractivity contribution in [1.29, 1.82) is 0 Å². The molecule has 2 atom stereocenters. The fourth-order valence-electron chi connectivity index (χ4n) is 8.81. The maximum atomic E-state index is 2.67. The Balaban J connectivity index is 0.00000217. The molecule has 1 aliphatic heterocycles. The summed E-state index contributed by atoms with van der Waals surface area (Å²) < 4.78 is 4.40.